The van der Waals surface area contributed by atoms with Gasteiger partial charge >= 0.3 is 0 Å². The Morgan fingerprint density at radius 2 is 2.08 bits per heavy atom. The lowest BCUT2D eigenvalue weighted by Gasteiger charge is -2.36. The van der Waals surface area contributed by atoms with Crippen LogP contribution in [0.2, 0.25) is 0 Å². The van der Waals surface area contributed by atoms with Gasteiger partial charge in [-0.1, -0.05) is 0 Å². The Balaban J connectivity index is 2.66. The topological polar surface area (TPSA) is 40.6 Å². The maximum absolute atomic E-state index is 11.6. The van der Waals surface area contributed by atoms with Crippen LogP contribution in [0.1, 0.15) is 13.3 Å². The maximum Gasteiger partial charge on any atom is 0.240 e. The van der Waals surface area contributed by atoms with Gasteiger partial charge in [0.15, 0.2) is 0 Å². The number of rotatable bonds is 2. The van der Waals surface area contributed by atoms with Gasteiger partial charge in [-0.2, -0.15) is 0 Å². The molecule has 1 saturated heterocycles. The zero-order valence-corrected chi connectivity index (χ0v) is 8.41. The molecular weight excluding hydrogens is 168 g/mol. The molecule has 0 aliphatic carbocycles. The van der Waals surface area contributed by atoms with Crippen LogP contribution in [0.4, 0.5) is 0 Å². The first kappa shape index (κ1) is 10.2. The van der Waals surface area contributed by atoms with Crippen molar-refractivity contribution in [1.29, 1.82) is 0 Å². The van der Waals surface area contributed by atoms with Gasteiger partial charge in [0.25, 0.3) is 0 Å². The number of likely N-dealkylation sites (N-methyl/N-ethyl adjacent to an activating group) is 2. The Morgan fingerprint density at radius 1 is 1.46 bits per heavy atom. The molecule has 1 rings (SSSR count). The fourth-order valence-electron chi connectivity index (χ4n) is 1.53. The van der Waals surface area contributed by atoms with Crippen molar-refractivity contribution in [3.63, 3.8) is 0 Å². The molecule has 1 unspecified atom stereocenters. The molecule has 1 atom stereocenters. The van der Waals surface area contributed by atoms with Gasteiger partial charge in [0, 0.05) is 26.6 Å². The fraction of sp³-hybridized carbons (Fsp3) is 0.778. The summed E-state index contributed by atoms with van der Waals surface area (Å²) in [6.07, 6.45) is 0.333. The summed E-state index contributed by atoms with van der Waals surface area (Å²) >= 11 is 0. The van der Waals surface area contributed by atoms with E-state index in [9.17, 15) is 9.59 Å². The average molecular weight is 184 g/mol. The van der Waals surface area contributed by atoms with Gasteiger partial charge in [0.2, 0.25) is 5.91 Å². The van der Waals surface area contributed by atoms with Gasteiger partial charge < -0.3 is 4.90 Å². The molecule has 4 heteroatoms. The van der Waals surface area contributed by atoms with Gasteiger partial charge in [-0.15, -0.1) is 0 Å². The van der Waals surface area contributed by atoms with Crippen molar-refractivity contribution in [2.24, 2.45) is 0 Å². The summed E-state index contributed by atoms with van der Waals surface area (Å²) in [5, 5.41) is 0. The van der Waals surface area contributed by atoms with E-state index < -0.39 is 0 Å². The summed E-state index contributed by atoms with van der Waals surface area (Å²) in [7, 11) is 3.67. The first-order valence-electron chi connectivity index (χ1n) is 4.47. The van der Waals surface area contributed by atoms with Crippen molar-refractivity contribution in [3.05, 3.63) is 0 Å². The summed E-state index contributed by atoms with van der Waals surface area (Å²) in [5.41, 5.74) is 0. The minimum atomic E-state index is -0.240. The number of carbonyl (C=O) groups is 2. The Morgan fingerprint density at radius 3 is 2.62 bits per heavy atom. The van der Waals surface area contributed by atoms with Gasteiger partial charge in [-0.3, -0.25) is 14.5 Å². The predicted molar refractivity (Wildman–Crippen MR) is 49.4 cm³/mol. The van der Waals surface area contributed by atoms with E-state index in [0.717, 1.165) is 13.1 Å². The highest BCUT2D eigenvalue weighted by atomic mass is 16.2. The average Bonchev–Trinajstić information content (AvgIpc) is 2.05. The molecule has 0 aromatic heterocycles. The van der Waals surface area contributed by atoms with Crippen molar-refractivity contribution >= 4 is 11.7 Å². The number of nitrogens with zero attached hydrogens (tertiary/aromatic N) is 2. The molecular formula is C9H16N2O2. The third-order valence-corrected chi connectivity index (χ3v) is 2.46. The van der Waals surface area contributed by atoms with E-state index in [1.807, 2.05) is 11.9 Å². The van der Waals surface area contributed by atoms with E-state index >= 15 is 0 Å². The molecule has 0 bridgehead atoms. The van der Waals surface area contributed by atoms with Crippen molar-refractivity contribution in [1.82, 2.24) is 9.80 Å². The quantitative estimate of drug-likeness (QED) is 0.593. The second-order valence-corrected chi connectivity index (χ2v) is 3.66. The van der Waals surface area contributed by atoms with Crippen LogP contribution in [-0.2, 0) is 9.59 Å². The van der Waals surface area contributed by atoms with Crippen molar-refractivity contribution in [2.75, 3.05) is 27.2 Å². The molecule has 0 spiro atoms. The molecule has 1 aliphatic rings. The number of Topliss-reactive ketones (excluding diaryl/α,β-unsaturated/α-hetero) is 1. The van der Waals surface area contributed by atoms with Crippen LogP contribution in [0.5, 0.6) is 0 Å². The monoisotopic (exact) mass is 184 g/mol. The summed E-state index contributed by atoms with van der Waals surface area (Å²) in [6, 6.07) is -0.240. The summed E-state index contributed by atoms with van der Waals surface area (Å²) in [6.45, 7) is 3.12. The van der Waals surface area contributed by atoms with Crippen LogP contribution in [0.3, 0.4) is 0 Å². The maximum atomic E-state index is 11.6. The van der Waals surface area contributed by atoms with E-state index in [4.69, 9.17) is 0 Å². The van der Waals surface area contributed by atoms with Gasteiger partial charge in [0.1, 0.15) is 5.78 Å². The lowest BCUT2D eigenvalue weighted by molar-refractivity contribution is -0.141. The van der Waals surface area contributed by atoms with Crippen molar-refractivity contribution < 1.29 is 9.59 Å². The zero-order valence-electron chi connectivity index (χ0n) is 8.41. The lowest BCUT2D eigenvalue weighted by atomic mass is 10.1. The number of hydrogen-bond acceptors (Lipinski definition) is 3. The molecule has 1 heterocycles. The summed E-state index contributed by atoms with van der Waals surface area (Å²) < 4.78 is 0. The molecule has 1 amide bonds. The van der Waals surface area contributed by atoms with Crippen molar-refractivity contribution in [2.45, 2.75) is 19.4 Å². The number of carbonyl (C=O) groups excluding carboxylic acids is 2. The number of hydrogen-bond donors (Lipinski definition) is 0. The normalized spacial score (nSPS) is 25.0. The largest absolute Gasteiger partial charge is 0.343 e. The third kappa shape index (κ3) is 2.28. The Bertz CT molecular complexity index is 228. The standard InChI is InChI=1S/C9H16N2O2/c1-7(12)6-8-9(13)11(3)5-4-10(8)2/h8H,4-6H2,1-3H3. The highest BCUT2D eigenvalue weighted by Gasteiger charge is 2.31. The molecule has 1 aliphatic heterocycles. The first-order chi connectivity index (χ1) is 6.02. The molecule has 4 nitrogen and oxygen atoms in total. The molecule has 13 heavy (non-hydrogen) atoms. The van der Waals surface area contributed by atoms with E-state index in [1.54, 1.807) is 11.9 Å². The molecule has 0 N–H and O–H groups in total. The highest BCUT2D eigenvalue weighted by Crippen LogP contribution is 2.11. The second kappa shape index (κ2) is 3.87. The van der Waals surface area contributed by atoms with Gasteiger partial charge in [-0.05, 0) is 14.0 Å². The van der Waals surface area contributed by atoms with Crippen LogP contribution >= 0.6 is 0 Å². The molecule has 1 fully saturated rings. The first-order valence-corrected chi connectivity index (χ1v) is 4.47. The number of amides is 1. The van der Waals surface area contributed by atoms with Gasteiger partial charge in [0.05, 0.1) is 6.04 Å². The highest BCUT2D eigenvalue weighted by molar-refractivity contribution is 5.88. The third-order valence-electron chi connectivity index (χ3n) is 2.46. The summed E-state index contributed by atoms with van der Waals surface area (Å²) in [5.74, 6) is 0.129. The van der Waals surface area contributed by atoms with Gasteiger partial charge in [-0.25, -0.2) is 0 Å². The molecule has 0 aromatic rings. The predicted octanol–water partition coefficient (Wildman–Crippen LogP) is -0.262. The molecule has 0 aromatic carbocycles. The Labute approximate surface area is 78.5 Å². The smallest absolute Gasteiger partial charge is 0.240 e. The fourth-order valence-corrected chi connectivity index (χ4v) is 1.53. The van der Waals surface area contributed by atoms with Crippen LogP contribution < -0.4 is 0 Å². The van der Waals surface area contributed by atoms with E-state index in [0.29, 0.717) is 6.42 Å². The SMILES string of the molecule is CC(=O)CC1C(=O)N(C)CCN1C. The van der Waals surface area contributed by atoms with Crippen LogP contribution in [0, 0.1) is 0 Å². The Kier molecular flexibility index (Phi) is 3.03. The molecule has 0 saturated carbocycles. The number of ketones is 1. The zero-order chi connectivity index (χ0) is 10.0. The van der Waals surface area contributed by atoms with E-state index in [-0.39, 0.29) is 17.7 Å². The van der Waals surface area contributed by atoms with Crippen LogP contribution in [-0.4, -0.2) is 54.7 Å². The van der Waals surface area contributed by atoms with E-state index in [1.165, 1.54) is 6.92 Å². The molecule has 0 radical (unpaired) electrons. The lowest BCUT2D eigenvalue weighted by Crippen LogP contribution is -2.54. The second-order valence-electron chi connectivity index (χ2n) is 3.66. The Hall–Kier alpha value is -0.900. The van der Waals surface area contributed by atoms with Crippen LogP contribution in [0.25, 0.3) is 0 Å². The van der Waals surface area contributed by atoms with E-state index in [2.05, 4.69) is 0 Å². The minimum absolute atomic E-state index is 0.0592. The van der Waals surface area contributed by atoms with Crippen molar-refractivity contribution in [3.8, 4) is 0 Å². The minimum Gasteiger partial charge on any atom is -0.343 e. The summed E-state index contributed by atoms with van der Waals surface area (Å²) in [4.78, 5) is 26.2. The molecule has 74 valence electrons. The number of piperazine rings is 1. The van der Waals surface area contributed by atoms with Crippen LogP contribution in [0.15, 0.2) is 0 Å².